The third-order valence-corrected chi connectivity index (χ3v) is 2.00. The first kappa shape index (κ1) is 12.7. The van der Waals surface area contributed by atoms with E-state index < -0.39 is 5.97 Å². The Morgan fingerprint density at radius 3 is 1.36 bits per heavy atom. The standard InChI is InChI=1S/C6H12O2.C6H6/c1-3-5(4-2)6(7)8;1-2-4-6-5-3-1/h5H,3-4H2,1-2H3,(H,7,8);1-6H. The van der Waals surface area contributed by atoms with Gasteiger partial charge in [-0.1, -0.05) is 50.2 Å². The molecule has 1 aromatic carbocycles. The van der Waals surface area contributed by atoms with Crippen molar-refractivity contribution < 1.29 is 9.90 Å². The largest absolute Gasteiger partial charge is 0.481 e. The Labute approximate surface area is 85.6 Å². The van der Waals surface area contributed by atoms with Crippen LogP contribution in [0, 0.1) is 5.92 Å². The van der Waals surface area contributed by atoms with E-state index in [4.69, 9.17) is 5.11 Å². The molecule has 0 unspecified atom stereocenters. The lowest BCUT2D eigenvalue weighted by Gasteiger charge is -2.02. The molecule has 0 aliphatic rings. The molecule has 0 aromatic heterocycles. The minimum atomic E-state index is -0.671. The van der Waals surface area contributed by atoms with Crippen molar-refractivity contribution >= 4 is 5.97 Å². The Kier molecular flexibility index (Phi) is 7.52. The van der Waals surface area contributed by atoms with Crippen LogP contribution in [0.3, 0.4) is 0 Å². The van der Waals surface area contributed by atoms with Gasteiger partial charge in [0.25, 0.3) is 0 Å². The maximum absolute atomic E-state index is 10.2. The summed E-state index contributed by atoms with van der Waals surface area (Å²) in [5, 5.41) is 8.37. The molecule has 0 radical (unpaired) electrons. The second-order valence-electron chi connectivity index (χ2n) is 3.01. The van der Waals surface area contributed by atoms with E-state index in [0.29, 0.717) is 0 Å². The topological polar surface area (TPSA) is 37.3 Å². The highest BCUT2D eigenvalue weighted by molar-refractivity contribution is 5.69. The van der Waals surface area contributed by atoms with Crippen molar-refractivity contribution in [2.45, 2.75) is 26.7 Å². The van der Waals surface area contributed by atoms with Crippen LogP contribution < -0.4 is 0 Å². The predicted octanol–water partition coefficient (Wildman–Crippen LogP) is 3.19. The van der Waals surface area contributed by atoms with Crippen LogP contribution in [-0.2, 0) is 4.79 Å². The third kappa shape index (κ3) is 6.23. The lowest BCUT2D eigenvalue weighted by Crippen LogP contribution is -2.10. The van der Waals surface area contributed by atoms with Gasteiger partial charge in [-0.05, 0) is 12.8 Å². The molecule has 0 heterocycles. The quantitative estimate of drug-likeness (QED) is 0.802. The van der Waals surface area contributed by atoms with E-state index >= 15 is 0 Å². The molecule has 1 N–H and O–H groups in total. The zero-order chi connectivity index (χ0) is 10.8. The Morgan fingerprint density at radius 2 is 1.29 bits per heavy atom. The van der Waals surface area contributed by atoms with E-state index in [0.717, 1.165) is 12.8 Å². The van der Waals surface area contributed by atoms with Crippen molar-refractivity contribution in [3.05, 3.63) is 36.4 Å². The van der Waals surface area contributed by atoms with Crippen LogP contribution in [0.5, 0.6) is 0 Å². The molecule has 0 aliphatic carbocycles. The average molecular weight is 194 g/mol. The molecule has 0 spiro atoms. The Morgan fingerprint density at radius 1 is 1.00 bits per heavy atom. The number of rotatable bonds is 3. The number of aliphatic carboxylic acids is 1. The zero-order valence-corrected chi connectivity index (χ0v) is 8.81. The summed E-state index contributed by atoms with van der Waals surface area (Å²) in [6, 6.07) is 12.0. The molecule has 0 bridgehead atoms. The molecular formula is C12H18O2. The van der Waals surface area contributed by atoms with Gasteiger partial charge in [0.2, 0.25) is 0 Å². The van der Waals surface area contributed by atoms with Gasteiger partial charge in [-0.3, -0.25) is 4.79 Å². The average Bonchev–Trinajstić information content (AvgIpc) is 2.22. The summed E-state index contributed by atoms with van der Waals surface area (Å²) in [5.74, 6) is -0.801. The fraction of sp³-hybridized carbons (Fsp3) is 0.417. The maximum atomic E-state index is 10.2. The van der Waals surface area contributed by atoms with Crippen molar-refractivity contribution in [2.24, 2.45) is 5.92 Å². The SMILES string of the molecule is CCC(CC)C(=O)O.c1ccccc1. The number of carboxylic acid groups (broad SMARTS) is 1. The van der Waals surface area contributed by atoms with Crippen LogP contribution >= 0.6 is 0 Å². The van der Waals surface area contributed by atoms with Crippen LogP contribution in [0.25, 0.3) is 0 Å². The summed E-state index contributed by atoms with van der Waals surface area (Å²) in [7, 11) is 0. The molecule has 14 heavy (non-hydrogen) atoms. The molecule has 0 aliphatic heterocycles. The number of benzene rings is 1. The highest BCUT2D eigenvalue weighted by Gasteiger charge is 2.10. The Balaban J connectivity index is 0.000000249. The number of hydrogen-bond acceptors (Lipinski definition) is 1. The first-order valence-corrected chi connectivity index (χ1v) is 4.95. The Hall–Kier alpha value is -1.31. The van der Waals surface area contributed by atoms with Gasteiger partial charge in [-0.2, -0.15) is 0 Å². The molecule has 78 valence electrons. The van der Waals surface area contributed by atoms with Gasteiger partial charge in [-0.25, -0.2) is 0 Å². The molecule has 2 nitrogen and oxygen atoms in total. The van der Waals surface area contributed by atoms with E-state index in [1.807, 2.05) is 50.2 Å². The van der Waals surface area contributed by atoms with Crippen LogP contribution in [-0.4, -0.2) is 11.1 Å². The minimum absolute atomic E-state index is 0.130. The van der Waals surface area contributed by atoms with Gasteiger partial charge in [0, 0.05) is 0 Å². The first-order chi connectivity index (χ1) is 6.72. The van der Waals surface area contributed by atoms with Crippen molar-refractivity contribution in [1.29, 1.82) is 0 Å². The van der Waals surface area contributed by atoms with Gasteiger partial charge < -0.3 is 5.11 Å². The van der Waals surface area contributed by atoms with Crippen molar-refractivity contribution in [1.82, 2.24) is 0 Å². The highest BCUT2D eigenvalue weighted by Crippen LogP contribution is 2.05. The maximum Gasteiger partial charge on any atom is 0.306 e. The fourth-order valence-corrected chi connectivity index (χ4v) is 1.02. The first-order valence-electron chi connectivity index (χ1n) is 4.95. The van der Waals surface area contributed by atoms with Crippen molar-refractivity contribution in [3.63, 3.8) is 0 Å². The number of carboxylic acids is 1. The fourth-order valence-electron chi connectivity index (χ4n) is 1.02. The van der Waals surface area contributed by atoms with Crippen molar-refractivity contribution in [2.75, 3.05) is 0 Å². The number of hydrogen-bond donors (Lipinski definition) is 1. The van der Waals surface area contributed by atoms with Gasteiger partial charge in [0.05, 0.1) is 5.92 Å². The van der Waals surface area contributed by atoms with Crippen LogP contribution in [0.2, 0.25) is 0 Å². The summed E-state index contributed by atoms with van der Waals surface area (Å²) in [5.41, 5.74) is 0. The zero-order valence-electron chi connectivity index (χ0n) is 8.81. The van der Waals surface area contributed by atoms with Gasteiger partial charge in [-0.15, -0.1) is 0 Å². The summed E-state index contributed by atoms with van der Waals surface area (Å²) in [4.78, 5) is 10.2. The predicted molar refractivity (Wildman–Crippen MR) is 58.1 cm³/mol. The molecule has 1 rings (SSSR count). The minimum Gasteiger partial charge on any atom is -0.481 e. The van der Waals surface area contributed by atoms with Gasteiger partial charge in [0.15, 0.2) is 0 Å². The summed E-state index contributed by atoms with van der Waals surface area (Å²) >= 11 is 0. The van der Waals surface area contributed by atoms with E-state index in [1.165, 1.54) is 0 Å². The normalized spacial score (nSPS) is 9.07. The Bertz CT molecular complexity index is 201. The van der Waals surface area contributed by atoms with E-state index in [1.54, 1.807) is 0 Å². The van der Waals surface area contributed by atoms with Gasteiger partial charge in [0.1, 0.15) is 0 Å². The molecule has 2 heteroatoms. The lowest BCUT2D eigenvalue weighted by molar-refractivity contribution is -0.141. The monoisotopic (exact) mass is 194 g/mol. The molecule has 0 atom stereocenters. The summed E-state index contributed by atoms with van der Waals surface area (Å²) in [6.45, 7) is 3.78. The lowest BCUT2D eigenvalue weighted by atomic mass is 10.1. The van der Waals surface area contributed by atoms with Crippen LogP contribution in [0.15, 0.2) is 36.4 Å². The van der Waals surface area contributed by atoms with E-state index in [-0.39, 0.29) is 5.92 Å². The molecular weight excluding hydrogens is 176 g/mol. The second kappa shape index (κ2) is 8.30. The van der Waals surface area contributed by atoms with E-state index in [2.05, 4.69) is 0 Å². The molecule has 1 aromatic rings. The van der Waals surface area contributed by atoms with Crippen LogP contribution in [0.4, 0.5) is 0 Å². The molecule has 0 amide bonds. The van der Waals surface area contributed by atoms with E-state index in [9.17, 15) is 4.79 Å². The smallest absolute Gasteiger partial charge is 0.306 e. The molecule has 0 fully saturated rings. The number of carbonyl (C=O) groups is 1. The second-order valence-corrected chi connectivity index (χ2v) is 3.01. The van der Waals surface area contributed by atoms with Gasteiger partial charge >= 0.3 is 5.97 Å². The third-order valence-electron chi connectivity index (χ3n) is 2.00. The van der Waals surface area contributed by atoms with Crippen LogP contribution in [0.1, 0.15) is 26.7 Å². The molecule has 0 saturated carbocycles. The summed E-state index contributed by atoms with van der Waals surface area (Å²) < 4.78 is 0. The van der Waals surface area contributed by atoms with Crippen molar-refractivity contribution in [3.8, 4) is 0 Å². The highest BCUT2D eigenvalue weighted by atomic mass is 16.4. The molecule has 0 saturated heterocycles. The summed E-state index contributed by atoms with van der Waals surface area (Å²) in [6.07, 6.45) is 1.48.